The average Bonchev–Trinajstić information content (AvgIpc) is 2.52. The van der Waals surface area contributed by atoms with Gasteiger partial charge in [0.05, 0.1) is 5.56 Å². The second-order valence-corrected chi connectivity index (χ2v) is 6.15. The fraction of sp³-hybridized carbons (Fsp3) is 0.316. The second kappa shape index (κ2) is 9.49. The highest BCUT2D eigenvalue weighted by Crippen LogP contribution is 2.27. The molecule has 0 radical (unpaired) electrons. The lowest BCUT2D eigenvalue weighted by molar-refractivity contribution is 0.0695. The Morgan fingerprint density at radius 3 is 2.24 bits per heavy atom. The molecule has 0 heterocycles. The molecule has 3 nitrogen and oxygen atoms in total. The molecule has 1 unspecified atom stereocenters. The van der Waals surface area contributed by atoms with Crippen LogP contribution < -0.4 is 0 Å². The molecule has 0 amide bonds. The van der Waals surface area contributed by atoms with Crippen molar-refractivity contribution in [2.24, 2.45) is 0 Å². The van der Waals surface area contributed by atoms with Gasteiger partial charge < -0.3 is 10.0 Å². The second-order valence-electron chi connectivity index (χ2n) is 6.15. The van der Waals surface area contributed by atoms with E-state index in [1.165, 1.54) is 24.3 Å². The number of hydrogen-bond acceptors (Lipinski definition) is 2. The predicted octanol–water partition coefficient (Wildman–Crippen LogP) is 4.36. The Kier molecular flexibility index (Phi) is 8.00. The summed E-state index contributed by atoms with van der Waals surface area (Å²) >= 11 is 0. The third-order valence-corrected chi connectivity index (χ3v) is 4.03. The van der Waals surface area contributed by atoms with Gasteiger partial charge in [-0.15, -0.1) is 12.4 Å². The number of halogens is 3. The SMILES string of the molecule is CN(C)CCC(Cc1cc(F)ccc1C(=O)O)c1ccc(F)cc1.Cl. The van der Waals surface area contributed by atoms with E-state index in [-0.39, 0.29) is 29.7 Å². The first kappa shape index (κ1) is 21.1. The van der Waals surface area contributed by atoms with E-state index in [0.29, 0.717) is 12.0 Å². The fourth-order valence-electron chi connectivity index (χ4n) is 2.74. The number of hydrogen-bond donors (Lipinski definition) is 1. The third kappa shape index (κ3) is 6.11. The molecule has 2 rings (SSSR count). The van der Waals surface area contributed by atoms with Crippen LogP contribution in [0.15, 0.2) is 42.5 Å². The highest BCUT2D eigenvalue weighted by molar-refractivity contribution is 5.89. The summed E-state index contributed by atoms with van der Waals surface area (Å²) in [5.74, 6) is -1.87. The van der Waals surface area contributed by atoms with Gasteiger partial charge in [-0.05, 0) is 80.9 Å². The monoisotopic (exact) mass is 369 g/mol. The molecule has 0 spiro atoms. The Morgan fingerprint density at radius 1 is 1.08 bits per heavy atom. The molecule has 0 saturated carbocycles. The summed E-state index contributed by atoms with van der Waals surface area (Å²) in [5, 5.41) is 9.31. The molecule has 0 bridgehead atoms. The number of benzene rings is 2. The summed E-state index contributed by atoms with van der Waals surface area (Å²) in [4.78, 5) is 13.4. The highest BCUT2D eigenvalue weighted by atomic mass is 35.5. The minimum absolute atomic E-state index is 0. The van der Waals surface area contributed by atoms with Gasteiger partial charge in [0.2, 0.25) is 0 Å². The summed E-state index contributed by atoms with van der Waals surface area (Å²) < 4.78 is 26.8. The van der Waals surface area contributed by atoms with Crippen LogP contribution in [-0.2, 0) is 6.42 Å². The fourth-order valence-corrected chi connectivity index (χ4v) is 2.74. The minimum Gasteiger partial charge on any atom is -0.478 e. The maximum absolute atomic E-state index is 13.6. The van der Waals surface area contributed by atoms with Gasteiger partial charge in [0.15, 0.2) is 0 Å². The Hall–Kier alpha value is -1.98. The zero-order valence-corrected chi connectivity index (χ0v) is 15.0. The van der Waals surface area contributed by atoms with E-state index in [9.17, 15) is 18.7 Å². The molecule has 1 atom stereocenters. The Labute approximate surface area is 152 Å². The van der Waals surface area contributed by atoms with Gasteiger partial charge in [0, 0.05) is 0 Å². The van der Waals surface area contributed by atoms with Crippen molar-refractivity contribution in [1.82, 2.24) is 4.90 Å². The van der Waals surface area contributed by atoms with Gasteiger partial charge in [0.25, 0.3) is 0 Å². The molecule has 0 aliphatic carbocycles. The first-order chi connectivity index (χ1) is 11.4. The molecule has 25 heavy (non-hydrogen) atoms. The van der Waals surface area contributed by atoms with Gasteiger partial charge >= 0.3 is 5.97 Å². The number of carboxylic acids is 1. The van der Waals surface area contributed by atoms with Crippen LogP contribution in [0.1, 0.15) is 33.8 Å². The molecule has 6 heteroatoms. The standard InChI is InChI=1S/C19H21F2NO2.ClH/c1-22(2)10-9-14(13-3-5-16(20)6-4-13)11-15-12-17(21)7-8-18(15)19(23)24;/h3-8,12,14H,9-11H2,1-2H3,(H,23,24);1H. The van der Waals surface area contributed by atoms with Crippen molar-refractivity contribution in [1.29, 1.82) is 0 Å². The Balaban J connectivity index is 0.00000312. The molecule has 1 N–H and O–H groups in total. The zero-order chi connectivity index (χ0) is 17.7. The van der Waals surface area contributed by atoms with Crippen LogP contribution in [0.2, 0.25) is 0 Å². The molecular weight excluding hydrogens is 348 g/mol. The van der Waals surface area contributed by atoms with Crippen molar-refractivity contribution < 1.29 is 18.7 Å². The smallest absolute Gasteiger partial charge is 0.335 e. The van der Waals surface area contributed by atoms with Crippen LogP contribution in [0, 0.1) is 11.6 Å². The van der Waals surface area contributed by atoms with Crippen LogP contribution in [-0.4, -0.2) is 36.6 Å². The molecular formula is C19H22ClF2NO2. The topological polar surface area (TPSA) is 40.5 Å². The molecule has 0 aliphatic rings. The number of carbonyl (C=O) groups is 1. The van der Waals surface area contributed by atoms with Gasteiger partial charge in [-0.3, -0.25) is 0 Å². The maximum atomic E-state index is 13.6. The van der Waals surface area contributed by atoms with E-state index in [1.807, 2.05) is 19.0 Å². The van der Waals surface area contributed by atoms with E-state index in [2.05, 4.69) is 0 Å². The van der Waals surface area contributed by atoms with Crippen LogP contribution in [0.5, 0.6) is 0 Å². The molecule has 0 aliphatic heterocycles. The Morgan fingerprint density at radius 2 is 1.68 bits per heavy atom. The van der Waals surface area contributed by atoms with Crippen molar-refractivity contribution in [3.8, 4) is 0 Å². The van der Waals surface area contributed by atoms with Gasteiger partial charge in [-0.25, -0.2) is 13.6 Å². The van der Waals surface area contributed by atoms with Crippen LogP contribution >= 0.6 is 12.4 Å². The summed E-state index contributed by atoms with van der Waals surface area (Å²) in [6.45, 7) is 0.791. The molecule has 136 valence electrons. The summed E-state index contributed by atoms with van der Waals surface area (Å²) in [6.07, 6.45) is 1.15. The Bertz CT molecular complexity index is 705. The zero-order valence-electron chi connectivity index (χ0n) is 14.2. The van der Waals surface area contributed by atoms with Crippen molar-refractivity contribution in [3.63, 3.8) is 0 Å². The van der Waals surface area contributed by atoms with Crippen molar-refractivity contribution in [2.45, 2.75) is 18.8 Å². The minimum atomic E-state index is -1.07. The van der Waals surface area contributed by atoms with Crippen molar-refractivity contribution in [2.75, 3.05) is 20.6 Å². The van der Waals surface area contributed by atoms with E-state index < -0.39 is 11.8 Å². The molecule has 0 saturated heterocycles. The summed E-state index contributed by atoms with van der Waals surface area (Å²) in [7, 11) is 3.90. The number of nitrogens with zero attached hydrogens (tertiary/aromatic N) is 1. The van der Waals surface area contributed by atoms with Crippen molar-refractivity contribution >= 4 is 18.4 Å². The van der Waals surface area contributed by atoms with E-state index in [4.69, 9.17) is 0 Å². The molecule has 0 fully saturated rings. The summed E-state index contributed by atoms with van der Waals surface area (Å²) in [6, 6.07) is 9.91. The van der Waals surface area contributed by atoms with Crippen LogP contribution in [0.3, 0.4) is 0 Å². The lowest BCUT2D eigenvalue weighted by Gasteiger charge is -2.21. The summed E-state index contributed by atoms with van der Waals surface area (Å²) in [5.41, 5.74) is 1.47. The van der Waals surface area contributed by atoms with E-state index in [1.54, 1.807) is 12.1 Å². The maximum Gasteiger partial charge on any atom is 0.335 e. The highest BCUT2D eigenvalue weighted by Gasteiger charge is 2.18. The number of carboxylic acid groups (broad SMARTS) is 1. The number of rotatable bonds is 7. The lowest BCUT2D eigenvalue weighted by Crippen LogP contribution is -2.18. The average molecular weight is 370 g/mol. The van der Waals surface area contributed by atoms with Gasteiger partial charge in [-0.1, -0.05) is 12.1 Å². The largest absolute Gasteiger partial charge is 0.478 e. The normalized spacial score (nSPS) is 11.9. The van der Waals surface area contributed by atoms with Crippen molar-refractivity contribution in [3.05, 3.63) is 70.8 Å². The first-order valence-electron chi connectivity index (χ1n) is 7.78. The molecule has 2 aromatic carbocycles. The molecule has 2 aromatic rings. The molecule has 0 aromatic heterocycles. The lowest BCUT2D eigenvalue weighted by atomic mass is 9.87. The van der Waals surface area contributed by atoms with E-state index >= 15 is 0 Å². The van der Waals surface area contributed by atoms with Crippen LogP contribution in [0.4, 0.5) is 8.78 Å². The van der Waals surface area contributed by atoms with E-state index in [0.717, 1.165) is 24.6 Å². The first-order valence-corrected chi connectivity index (χ1v) is 7.78. The van der Waals surface area contributed by atoms with Gasteiger partial charge in [-0.2, -0.15) is 0 Å². The predicted molar refractivity (Wildman–Crippen MR) is 96.6 cm³/mol. The quantitative estimate of drug-likeness (QED) is 0.788. The van der Waals surface area contributed by atoms with Gasteiger partial charge in [0.1, 0.15) is 11.6 Å². The third-order valence-electron chi connectivity index (χ3n) is 4.03. The van der Waals surface area contributed by atoms with Crippen LogP contribution in [0.25, 0.3) is 0 Å². The number of aromatic carboxylic acids is 1.